The van der Waals surface area contributed by atoms with E-state index in [0.29, 0.717) is 24.1 Å². The molecule has 186 valence electrons. The number of aromatic nitrogens is 4. The van der Waals surface area contributed by atoms with Crippen molar-refractivity contribution >= 4 is 23.5 Å². The number of aryl methyl sites for hydroxylation is 1. The largest absolute Gasteiger partial charge is 0.464 e. The Morgan fingerprint density at radius 3 is 2.72 bits per heavy atom. The first-order valence-electron chi connectivity index (χ1n) is 12.0. The van der Waals surface area contributed by atoms with Gasteiger partial charge in [-0.25, -0.2) is 19.7 Å². The summed E-state index contributed by atoms with van der Waals surface area (Å²) in [7, 11) is 1.30. The van der Waals surface area contributed by atoms with Gasteiger partial charge in [0.1, 0.15) is 5.69 Å². The van der Waals surface area contributed by atoms with Gasteiger partial charge in [-0.1, -0.05) is 0 Å². The van der Waals surface area contributed by atoms with Gasteiger partial charge in [0, 0.05) is 60.9 Å². The lowest BCUT2D eigenvalue weighted by Crippen LogP contribution is -2.50. The number of pyridine rings is 2. The molecule has 1 fully saturated rings. The summed E-state index contributed by atoms with van der Waals surface area (Å²) in [6, 6.07) is 7.46. The average molecular weight is 488 g/mol. The molecule has 1 N–H and O–H groups in total. The van der Waals surface area contributed by atoms with Crippen molar-refractivity contribution in [3.8, 4) is 0 Å². The van der Waals surface area contributed by atoms with Gasteiger partial charge in [0.05, 0.1) is 24.7 Å². The van der Waals surface area contributed by atoms with Crippen molar-refractivity contribution in [3.63, 3.8) is 0 Å². The number of rotatable bonds is 5. The number of methoxy groups -OCH3 is 1. The Bertz CT molecular complexity index is 1280. The van der Waals surface area contributed by atoms with E-state index >= 15 is 0 Å². The predicted molar refractivity (Wildman–Crippen MR) is 133 cm³/mol. The van der Waals surface area contributed by atoms with E-state index in [0.717, 1.165) is 48.6 Å². The quantitative estimate of drug-likeness (QED) is 0.542. The van der Waals surface area contributed by atoms with Gasteiger partial charge >= 0.3 is 5.97 Å². The second-order valence-corrected chi connectivity index (χ2v) is 9.33. The van der Waals surface area contributed by atoms with Crippen molar-refractivity contribution in [1.82, 2.24) is 29.7 Å². The van der Waals surface area contributed by atoms with Gasteiger partial charge in [-0.05, 0) is 51.0 Å². The van der Waals surface area contributed by atoms with Crippen LogP contribution in [0.4, 0.5) is 11.6 Å². The Balaban J connectivity index is 1.21. The fourth-order valence-electron chi connectivity index (χ4n) is 4.89. The van der Waals surface area contributed by atoms with Gasteiger partial charge in [-0.15, -0.1) is 0 Å². The molecule has 2 aliphatic heterocycles. The Hall–Kier alpha value is -3.92. The van der Waals surface area contributed by atoms with Gasteiger partial charge in [0.15, 0.2) is 0 Å². The number of carbonyl (C=O) groups excluding carboxylic acids is 2. The summed E-state index contributed by atoms with van der Waals surface area (Å²) >= 11 is 0. The molecule has 0 saturated carbocycles. The SMILES string of the molecule is COC(=O)c1cc(C(=O)N2CC[C@@H](N3Cc4cnc(Nc5ccc(C)nc5)nc4C3)C[C@H]2C)ccn1. The summed E-state index contributed by atoms with van der Waals surface area (Å²) in [5.74, 6) is -0.0777. The van der Waals surface area contributed by atoms with Gasteiger partial charge in [0.2, 0.25) is 5.95 Å². The number of nitrogens with one attached hydrogen (secondary N) is 1. The summed E-state index contributed by atoms with van der Waals surface area (Å²) in [5.41, 5.74) is 4.57. The molecule has 0 unspecified atom stereocenters. The van der Waals surface area contributed by atoms with Crippen LogP contribution < -0.4 is 5.32 Å². The van der Waals surface area contributed by atoms with Crippen molar-refractivity contribution in [2.24, 2.45) is 0 Å². The van der Waals surface area contributed by atoms with Gasteiger partial charge in [-0.2, -0.15) is 0 Å². The molecule has 36 heavy (non-hydrogen) atoms. The minimum absolute atomic E-state index is 0.0621. The third kappa shape index (κ3) is 4.90. The van der Waals surface area contributed by atoms with Crippen LogP contribution in [-0.2, 0) is 17.8 Å². The van der Waals surface area contributed by atoms with Crippen LogP contribution in [0.15, 0.2) is 42.9 Å². The number of hydrogen-bond donors (Lipinski definition) is 1. The highest BCUT2D eigenvalue weighted by Crippen LogP contribution is 2.30. The number of anilines is 2. The zero-order valence-corrected chi connectivity index (χ0v) is 20.6. The van der Waals surface area contributed by atoms with E-state index in [2.05, 4.69) is 32.1 Å². The molecule has 1 amide bonds. The van der Waals surface area contributed by atoms with Crippen molar-refractivity contribution in [2.75, 3.05) is 19.0 Å². The molecule has 5 rings (SSSR count). The van der Waals surface area contributed by atoms with Crippen molar-refractivity contribution in [3.05, 3.63) is 71.1 Å². The van der Waals surface area contributed by atoms with E-state index in [9.17, 15) is 9.59 Å². The van der Waals surface area contributed by atoms with E-state index < -0.39 is 5.97 Å². The number of nitrogens with zero attached hydrogens (tertiary/aromatic N) is 6. The van der Waals surface area contributed by atoms with E-state index in [4.69, 9.17) is 9.72 Å². The fourth-order valence-corrected chi connectivity index (χ4v) is 4.89. The van der Waals surface area contributed by atoms with Crippen molar-refractivity contribution in [2.45, 2.75) is 51.9 Å². The lowest BCUT2D eigenvalue weighted by Gasteiger charge is -2.41. The highest BCUT2D eigenvalue weighted by molar-refractivity contribution is 5.97. The second kappa shape index (κ2) is 9.98. The molecule has 10 nitrogen and oxygen atoms in total. The van der Waals surface area contributed by atoms with Crippen molar-refractivity contribution < 1.29 is 14.3 Å². The average Bonchev–Trinajstić information content (AvgIpc) is 3.33. The minimum Gasteiger partial charge on any atom is -0.464 e. The van der Waals surface area contributed by atoms with Crippen LogP contribution in [0.3, 0.4) is 0 Å². The Morgan fingerprint density at radius 1 is 1.11 bits per heavy atom. The lowest BCUT2D eigenvalue weighted by atomic mass is 9.96. The zero-order valence-electron chi connectivity index (χ0n) is 20.6. The zero-order chi connectivity index (χ0) is 25.2. The number of piperidine rings is 1. The summed E-state index contributed by atoms with van der Waals surface area (Å²) in [4.78, 5) is 46.8. The summed E-state index contributed by atoms with van der Waals surface area (Å²) in [6.07, 6.45) is 6.88. The molecular weight excluding hydrogens is 458 g/mol. The molecule has 2 aliphatic rings. The molecule has 1 saturated heterocycles. The topological polar surface area (TPSA) is 113 Å². The first-order chi connectivity index (χ1) is 17.4. The van der Waals surface area contributed by atoms with E-state index in [-0.39, 0.29) is 17.6 Å². The van der Waals surface area contributed by atoms with Gasteiger partial charge < -0.3 is 15.0 Å². The molecule has 0 radical (unpaired) electrons. The number of fused-ring (bicyclic) bond motifs is 1. The first kappa shape index (κ1) is 23.8. The van der Waals surface area contributed by atoms with E-state index in [1.807, 2.05) is 30.2 Å². The van der Waals surface area contributed by atoms with Crippen molar-refractivity contribution in [1.29, 1.82) is 0 Å². The maximum Gasteiger partial charge on any atom is 0.356 e. The first-order valence-corrected chi connectivity index (χ1v) is 12.0. The molecule has 3 aromatic heterocycles. The van der Waals surface area contributed by atoms with Crippen LogP contribution in [-0.4, -0.2) is 67.4 Å². The van der Waals surface area contributed by atoms with Crippen LogP contribution >= 0.6 is 0 Å². The number of ether oxygens (including phenoxy) is 1. The molecule has 0 spiro atoms. The molecule has 0 aromatic carbocycles. The number of likely N-dealkylation sites (tertiary alicyclic amines) is 1. The van der Waals surface area contributed by atoms with Crippen LogP contribution in [0, 0.1) is 6.92 Å². The molecule has 3 aromatic rings. The van der Waals surface area contributed by atoms with Crippen LogP contribution in [0.25, 0.3) is 0 Å². The van der Waals surface area contributed by atoms with Crippen LogP contribution in [0.5, 0.6) is 0 Å². The Kier molecular flexibility index (Phi) is 6.60. The number of esters is 1. The Labute approximate surface area is 209 Å². The van der Waals surface area contributed by atoms with E-state index in [1.54, 1.807) is 12.3 Å². The second-order valence-electron chi connectivity index (χ2n) is 9.33. The highest BCUT2D eigenvalue weighted by atomic mass is 16.5. The van der Waals surface area contributed by atoms with Gasteiger partial charge in [-0.3, -0.25) is 14.7 Å². The molecule has 5 heterocycles. The molecule has 0 bridgehead atoms. The van der Waals surface area contributed by atoms with Crippen LogP contribution in [0.1, 0.15) is 57.6 Å². The maximum absolute atomic E-state index is 13.2. The third-order valence-electron chi connectivity index (χ3n) is 6.88. The molecule has 2 atom stereocenters. The third-order valence-corrected chi connectivity index (χ3v) is 6.88. The predicted octanol–water partition coefficient (Wildman–Crippen LogP) is 3.11. The van der Waals surface area contributed by atoms with Gasteiger partial charge in [0.25, 0.3) is 5.91 Å². The number of carbonyl (C=O) groups is 2. The summed E-state index contributed by atoms with van der Waals surface area (Å²) in [6.45, 7) is 6.24. The number of hydrogen-bond acceptors (Lipinski definition) is 9. The molecule has 0 aliphatic carbocycles. The van der Waals surface area contributed by atoms with Crippen LogP contribution in [0.2, 0.25) is 0 Å². The molecular formula is C26H29N7O3. The molecule has 10 heteroatoms. The normalized spacial score (nSPS) is 19.6. The standard InChI is InChI=1S/C26H29N7O3/c1-16-4-5-20(13-28-16)30-26-29-12-19-14-32(15-23(19)31-26)21-7-9-33(17(2)10-21)24(34)18-6-8-27-22(11-18)25(35)36-3/h4-6,8,11-13,17,21H,7,9-10,14-15H2,1-3H3,(H,29,30,31)/t17-,21-/m1/s1. The Morgan fingerprint density at radius 2 is 1.97 bits per heavy atom. The minimum atomic E-state index is -0.554. The highest BCUT2D eigenvalue weighted by Gasteiger charge is 2.35. The summed E-state index contributed by atoms with van der Waals surface area (Å²) < 4.78 is 4.73. The fraction of sp³-hybridized carbons (Fsp3) is 0.385. The summed E-state index contributed by atoms with van der Waals surface area (Å²) in [5, 5.41) is 3.23. The van der Waals surface area contributed by atoms with E-state index in [1.165, 1.54) is 19.4 Å². The smallest absolute Gasteiger partial charge is 0.356 e. The number of amides is 1. The maximum atomic E-state index is 13.2. The lowest BCUT2D eigenvalue weighted by molar-refractivity contribution is 0.0460. The monoisotopic (exact) mass is 487 g/mol.